The van der Waals surface area contributed by atoms with Gasteiger partial charge >= 0.3 is 0 Å². The van der Waals surface area contributed by atoms with E-state index in [1.807, 2.05) is 6.92 Å². The van der Waals surface area contributed by atoms with Crippen molar-refractivity contribution in [2.75, 3.05) is 39.3 Å². The molecule has 1 unspecified atom stereocenters. The van der Waals surface area contributed by atoms with Gasteiger partial charge in [0.25, 0.3) is 10.2 Å². The first-order valence-electron chi connectivity index (χ1n) is 7.64. The quantitative estimate of drug-likeness (QED) is 0.798. The molecule has 2 fully saturated rings. The summed E-state index contributed by atoms with van der Waals surface area (Å²) in [4.78, 5) is 0. The SMILES string of the molecule is CCOC1CCCN(S(=O)(=O)N2CCC(CN)CC2)C1. The minimum absolute atomic E-state index is 0.0464. The van der Waals surface area contributed by atoms with Gasteiger partial charge in [-0.2, -0.15) is 17.0 Å². The van der Waals surface area contributed by atoms with Crippen LogP contribution in [-0.2, 0) is 14.9 Å². The van der Waals surface area contributed by atoms with Gasteiger partial charge in [-0.05, 0) is 45.1 Å². The van der Waals surface area contributed by atoms with E-state index in [0.29, 0.717) is 45.2 Å². The van der Waals surface area contributed by atoms with Gasteiger partial charge in [-0.3, -0.25) is 0 Å². The molecule has 0 aliphatic carbocycles. The zero-order valence-electron chi connectivity index (χ0n) is 12.3. The minimum Gasteiger partial charge on any atom is -0.377 e. The highest BCUT2D eigenvalue weighted by molar-refractivity contribution is 7.86. The van der Waals surface area contributed by atoms with E-state index in [1.165, 1.54) is 0 Å². The monoisotopic (exact) mass is 305 g/mol. The molecule has 1 atom stereocenters. The van der Waals surface area contributed by atoms with Crippen molar-refractivity contribution in [1.82, 2.24) is 8.61 Å². The summed E-state index contributed by atoms with van der Waals surface area (Å²) in [6.45, 7) is 5.55. The Morgan fingerprint density at radius 3 is 2.45 bits per heavy atom. The number of hydrogen-bond acceptors (Lipinski definition) is 4. The highest BCUT2D eigenvalue weighted by atomic mass is 32.2. The van der Waals surface area contributed by atoms with Gasteiger partial charge in [-0.15, -0.1) is 0 Å². The van der Waals surface area contributed by atoms with E-state index >= 15 is 0 Å². The second kappa shape index (κ2) is 7.17. The Balaban J connectivity index is 1.96. The van der Waals surface area contributed by atoms with Crippen LogP contribution in [0.1, 0.15) is 32.6 Å². The molecule has 7 heteroatoms. The topological polar surface area (TPSA) is 75.9 Å². The molecule has 0 radical (unpaired) electrons. The minimum atomic E-state index is -3.32. The van der Waals surface area contributed by atoms with Gasteiger partial charge in [0.1, 0.15) is 0 Å². The van der Waals surface area contributed by atoms with E-state index in [9.17, 15) is 8.42 Å². The molecule has 2 rings (SSSR count). The summed E-state index contributed by atoms with van der Waals surface area (Å²) in [6.07, 6.45) is 3.62. The fourth-order valence-corrected chi connectivity index (χ4v) is 4.74. The predicted octanol–water partition coefficient (Wildman–Crippen LogP) is 0.403. The van der Waals surface area contributed by atoms with Crippen LogP contribution < -0.4 is 5.73 Å². The Hall–Kier alpha value is -0.210. The van der Waals surface area contributed by atoms with E-state index in [4.69, 9.17) is 10.5 Å². The van der Waals surface area contributed by atoms with Crippen LogP contribution in [0.5, 0.6) is 0 Å². The maximum absolute atomic E-state index is 12.7. The standard InChI is InChI=1S/C13H27N3O3S/c1-2-19-13-4-3-7-16(11-13)20(17,18)15-8-5-12(10-14)6-9-15/h12-13H,2-11,14H2,1H3. The molecule has 0 bridgehead atoms. The lowest BCUT2D eigenvalue weighted by molar-refractivity contribution is 0.0248. The van der Waals surface area contributed by atoms with Crippen LogP contribution in [-0.4, -0.2) is 62.5 Å². The van der Waals surface area contributed by atoms with Gasteiger partial charge in [-0.1, -0.05) is 0 Å². The molecule has 6 nitrogen and oxygen atoms in total. The Labute approximate surface area is 122 Å². The first kappa shape index (κ1) is 16.2. The number of nitrogens with zero attached hydrogens (tertiary/aromatic N) is 2. The molecule has 20 heavy (non-hydrogen) atoms. The van der Waals surface area contributed by atoms with E-state index in [1.54, 1.807) is 8.61 Å². The lowest BCUT2D eigenvalue weighted by atomic mass is 9.99. The fourth-order valence-electron chi connectivity index (χ4n) is 3.03. The van der Waals surface area contributed by atoms with Crippen molar-refractivity contribution in [3.63, 3.8) is 0 Å². The van der Waals surface area contributed by atoms with E-state index in [-0.39, 0.29) is 6.10 Å². The molecule has 2 aliphatic rings. The third-order valence-electron chi connectivity index (χ3n) is 4.30. The molecular weight excluding hydrogens is 278 g/mol. The lowest BCUT2D eigenvalue weighted by Crippen LogP contribution is -2.51. The average molecular weight is 305 g/mol. The van der Waals surface area contributed by atoms with Crippen molar-refractivity contribution in [3.8, 4) is 0 Å². The van der Waals surface area contributed by atoms with E-state index < -0.39 is 10.2 Å². The summed E-state index contributed by atoms with van der Waals surface area (Å²) in [5.41, 5.74) is 5.66. The predicted molar refractivity (Wildman–Crippen MR) is 78.5 cm³/mol. The smallest absolute Gasteiger partial charge is 0.282 e. The van der Waals surface area contributed by atoms with Crippen LogP contribution >= 0.6 is 0 Å². The third kappa shape index (κ3) is 3.71. The highest BCUT2D eigenvalue weighted by Gasteiger charge is 2.35. The molecule has 0 amide bonds. The molecule has 0 spiro atoms. The van der Waals surface area contributed by atoms with Gasteiger partial charge in [0.05, 0.1) is 6.10 Å². The number of ether oxygens (including phenoxy) is 1. The van der Waals surface area contributed by atoms with Crippen LogP contribution in [0.2, 0.25) is 0 Å². The van der Waals surface area contributed by atoms with Crippen LogP contribution in [0, 0.1) is 5.92 Å². The Bertz CT molecular complexity index is 392. The van der Waals surface area contributed by atoms with Crippen LogP contribution in [0.25, 0.3) is 0 Å². The van der Waals surface area contributed by atoms with Crippen molar-refractivity contribution in [3.05, 3.63) is 0 Å². The molecule has 0 aromatic heterocycles. The number of rotatable bonds is 5. The molecule has 2 aliphatic heterocycles. The Kier molecular flexibility index (Phi) is 5.80. The average Bonchev–Trinajstić information content (AvgIpc) is 2.48. The third-order valence-corrected chi connectivity index (χ3v) is 6.30. The molecular formula is C13H27N3O3S. The van der Waals surface area contributed by atoms with E-state index in [0.717, 1.165) is 25.7 Å². The first-order chi connectivity index (χ1) is 9.57. The summed E-state index contributed by atoms with van der Waals surface area (Å²) in [5, 5.41) is 0. The molecule has 2 heterocycles. The second-order valence-electron chi connectivity index (χ2n) is 5.66. The summed E-state index contributed by atoms with van der Waals surface area (Å²) < 4.78 is 34.1. The molecule has 118 valence electrons. The number of piperidine rings is 2. The van der Waals surface area contributed by atoms with Crippen molar-refractivity contribution < 1.29 is 13.2 Å². The normalized spacial score (nSPS) is 27.8. The number of hydrogen-bond donors (Lipinski definition) is 1. The first-order valence-corrected chi connectivity index (χ1v) is 9.04. The number of nitrogens with two attached hydrogens (primary N) is 1. The Morgan fingerprint density at radius 1 is 1.15 bits per heavy atom. The fraction of sp³-hybridized carbons (Fsp3) is 1.00. The molecule has 0 saturated carbocycles. The van der Waals surface area contributed by atoms with Gasteiger partial charge in [0.2, 0.25) is 0 Å². The van der Waals surface area contributed by atoms with Gasteiger partial charge < -0.3 is 10.5 Å². The van der Waals surface area contributed by atoms with Crippen molar-refractivity contribution in [1.29, 1.82) is 0 Å². The summed E-state index contributed by atoms with van der Waals surface area (Å²) in [7, 11) is -3.32. The highest BCUT2D eigenvalue weighted by Crippen LogP contribution is 2.23. The summed E-state index contributed by atoms with van der Waals surface area (Å²) >= 11 is 0. The van der Waals surface area contributed by atoms with Crippen LogP contribution in [0.3, 0.4) is 0 Å². The zero-order valence-corrected chi connectivity index (χ0v) is 13.1. The van der Waals surface area contributed by atoms with Gasteiger partial charge in [-0.25, -0.2) is 0 Å². The molecule has 0 aromatic carbocycles. The van der Waals surface area contributed by atoms with Gasteiger partial charge in [0, 0.05) is 32.8 Å². The maximum atomic E-state index is 12.7. The molecule has 0 aromatic rings. The van der Waals surface area contributed by atoms with Crippen LogP contribution in [0.4, 0.5) is 0 Å². The zero-order chi connectivity index (χ0) is 14.6. The summed E-state index contributed by atoms with van der Waals surface area (Å²) in [5.74, 6) is 0.471. The Morgan fingerprint density at radius 2 is 1.85 bits per heavy atom. The van der Waals surface area contributed by atoms with Crippen molar-refractivity contribution in [2.24, 2.45) is 11.7 Å². The van der Waals surface area contributed by atoms with E-state index in [2.05, 4.69) is 0 Å². The molecule has 2 N–H and O–H groups in total. The summed E-state index contributed by atoms with van der Waals surface area (Å²) in [6, 6.07) is 0. The molecule has 2 saturated heterocycles. The lowest BCUT2D eigenvalue weighted by Gasteiger charge is -2.37. The van der Waals surface area contributed by atoms with Crippen molar-refractivity contribution in [2.45, 2.75) is 38.7 Å². The van der Waals surface area contributed by atoms with Crippen LogP contribution in [0.15, 0.2) is 0 Å². The van der Waals surface area contributed by atoms with Gasteiger partial charge in [0.15, 0.2) is 0 Å². The van der Waals surface area contributed by atoms with Crippen molar-refractivity contribution >= 4 is 10.2 Å². The maximum Gasteiger partial charge on any atom is 0.282 e. The largest absolute Gasteiger partial charge is 0.377 e. The second-order valence-corrected chi connectivity index (χ2v) is 7.59.